The fourth-order valence-corrected chi connectivity index (χ4v) is 3.43. The summed E-state index contributed by atoms with van der Waals surface area (Å²) in [6, 6.07) is 10.9. The van der Waals surface area contributed by atoms with Crippen LogP contribution < -0.4 is 16.0 Å². The van der Waals surface area contributed by atoms with E-state index in [1.165, 1.54) is 0 Å². The van der Waals surface area contributed by atoms with Crippen LogP contribution in [0.1, 0.15) is 31.4 Å². The Balaban J connectivity index is 1.39. The van der Waals surface area contributed by atoms with E-state index >= 15 is 0 Å². The van der Waals surface area contributed by atoms with Gasteiger partial charge in [-0.1, -0.05) is 30.3 Å². The number of pyridine rings is 1. The van der Waals surface area contributed by atoms with Crippen molar-refractivity contribution in [1.82, 2.24) is 20.5 Å². The fraction of sp³-hybridized carbons (Fsp3) is 0.333. The van der Waals surface area contributed by atoms with E-state index in [0.717, 1.165) is 5.56 Å². The lowest BCUT2D eigenvalue weighted by Gasteiger charge is -2.20. The van der Waals surface area contributed by atoms with Gasteiger partial charge in [0.1, 0.15) is 5.82 Å². The van der Waals surface area contributed by atoms with Crippen LogP contribution in [0.25, 0.3) is 10.9 Å². The van der Waals surface area contributed by atoms with Gasteiger partial charge >= 0.3 is 6.03 Å². The van der Waals surface area contributed by atoms with E-state index in [1.54, 1.807) is 12.3 Å². The number of aromatic amines is 1. The van der Waals surface area contributed by atoms with Crippen molar-refractivity contribution in [2.24, 2.45) is 5.92 Å². The normalized spacial score (nSPS) is 15.5. The molecule has 3 heterocycles. The Morgan fingerprint density at radius 2 is 1.93 bits per heavy atom. The molecule has 30 heavy (non-hydrogen) atoms. The highest BCUT2D eigenvalue weighted by molar-refractivity contribution is 6.01. The van der Waals surface area contributed by atoms with Crippen molar-refractivity contribution in [2.45, 2.75) is 25.8 Å². The number of amides is 3. The number of carbonyl (C=O) groups excluding carboxylic acids is 2. The molecule has 1 aromatic carbocycles. The van der Waals surface area contributed by atoms with Crippen LogP contribution in [0, 0.1) is 5.92 Å². The van der Waals surface area contributed by atoms with Gasteiger partial charge in [-0.25, -0.2) is 9.78 Å². The summed E-state index contributed by atoms with van der Waals surface area (Å²) in [5.74, 6) is 0.673. The number of ether oxygens (including phenoxy) is 1. The molecule has 2 aromatic heterocycles. The fourth-order valence-electron chi connectivity index (χ4n) is 3.43. The first kappa shape index (κ1) is 19.8. The predicted octanol–water partition coefficient (Wildman–Crippen LogP) is 3.21. The number of hydrogen-bond donors (Lipinski definition) is 4. The van der Waals surface area contributed by atoms with Crippen molar-refractivity contribution < 1.29 is 14.3 Å². The number of urea groups is 1. The SMILES string of the molecule is C[C@@H](NC(=O)Nc1cc2[nH]nc(NC(=O)C3CCOCC3)c2cn1)c1ccccc1. The lowest BCUT2D eigenvalue weighted by atomic mass is 9.99. The Morgan fingerprint density at radius 3 is 2.70 bits per heavy atom. The first-order chi connectivity index (χ1) is 14.6. The first-order valence-corrected chi connectivity index (χ1v) is 9.95. The quantitative estimate of drug-likeness (QED) is 0.517. The zero-order valence-corrected chi connectivity index (χ0v) is 16.6. The second kappa shape index (κ2) is 8.91. The maximum Gasteiger partial charge on any atom is 0.320 e. The maximum absolute atomic E-state index is 12.4. The van der Waals surface area contributed by atoms with E-state index in [4.69, 9.17) is 4.74 Å². The minimum Gasteiger partial charge on any atom is -0.381 e. The highest BCUT2D eigenvalue weighted by Crippen LogP contribution is 2.24. The Morgan fingerprint density at radius 1 is 1.17 bits per heavy atom. The number of aromatic nitrogens is 3. The molecule has 0 radical (unpaired) electrons. The summed E-state index contributed by atoms with van der Waals surface area (Å²) in [5, 5.41) is 16.2. The van der Waals surface area contributed by atoms with E-state index < -0.39 is 0 Å². The smallest absolute Gasteiger partial charge is 0.320 e. The average Bonchev–Trinajstić information content (AvgIpc) is 3.16. The molecule has 0 aliphatic carbocycles. The molecule has 1 aliphatic rings. The number of carbonyl (C=O) groups is 2. The van der Waals surface area contributed by atoms with E-state index in [1.807, 2.05) is 37.3 Å². The van der Waals surface area contributed by atoms with Gasteiger partial charge in [-0.3, -0.25) is 15.2 Å². The van der Waals surface area contributed by atoms with Crippen LogP contribution in [0.5, 0.6) is 0 Å². The van der Waals surface area contributed by atoms with Gasteiger partial charge in [0.05, 0.1) is 16.9 Å². The molecule has 1 atom stereocenters. The van der Waals surface area contributed by atoms with E-state index in [0.29, 0.717) is 48.6 Å². The second-order valence-corrected chi connectivity index (χ2v) is 7.29. The molecule has 1 fully saturated rings. The molecule has 0 bridgehead atoms. The number of benzene rings is 1. The third kappa shape index (κ3) is 4.57. The molecule has 9 heteroatoms. The largest absolute Gasteiger partial charge is 0.381 e. The van der Waals surface area contributed by atoms with Crippen molar-refractivity contribution in [1.29, 1.82) is 0 Å². The lowest BCUT2D eigenvalue weighted by Crippen LogP contribution is -2.31. The van der Waals surface area contributed by atoms with Gasteiger partial charge in [0, 0.05) is 31.4 Å². The molecule has 4 N–H and O–H groups in total. The summed E-state index contributed by atoms with van der Waals surface area (Å²) in [7, 11) is 0. The summed E-state index contributed by atoms with van der Waals surface area (Å²) in [4.78, 5) is 29.0. The molecule has 0 saturated carbocycles. The molecule has 3 aromatic rings. The van der Waals surface area contributed by atoms with Gasteiger partial charge < -0.3 is 15.4 Å². The monoisotopic (exact) mass is 408 g/mol. The average molecular weight is 408 g/mol. The van der Waals surface area contributed by atoms with Crippen molar-refractivity contribution in [3.05, 3.63) is 48.2 Å². The molecule has 156 valence electrons. The van der Waals surface area contributed by atoms with Gasteiger partial charge in [0.15, 0.2) is 5.82 Å². The van der Waals surface area contributed by atoms with Crippen LogP contribution >= 0.6 is 0 Å². The van der Waals surface area contributed by atoms with Crippen LogP contribution in [0.4, 0.5) is 16.4 Å². The molecule has 1 saturated heterocycles. The van der Waals surface area contributed by atoms with Crippen LogP contribution in [-0.4, -0.2) is 40.3 Å². The van der Waals surface area contributed by atoms with E-state index in [2.05, 4.69) is 31.1 Å². The topological polar surface area (TPSA) is 121 Å². The molecular formula is C21H24N6O3. The number of H-pyrrole nitrogens is 1. The van der Waals surface area contributed by atoms with Crippen LogP contribution in [-0.2, 0) is 9.53 Å². The van der Waals surface area contributed by atoms with Crippen LogP contribution in [0.3, 0.4) is 0 Å². The Labute approximate surface area is 173 Å². The maximum atomic E-state index is 12.4. The summed E-state index contributed by atoms with van der Waals surface area (Å²) >= 11 is 0. The first-order valence-electron chi connectivity index (χ1n) is 9.95. The third-order valence-electron chi connectivity index (χ3n) is 5.17. The Hall–Kier alpha value is -3.46. The zero-order chi connectivity index (χ0) is 20.9. The second-order valence-electron chi connectivity index (χ2n) is 7.29. The number of nitrogens with zero attached hydrogens (tertiary/aromatic N) is 2. The summed E-state index contributed by atoms with van der Waals surface area (Å²) < 4.78 is 5.30. The van der Waals surface area contributed by atoms with Crippen molar-refractivity contribution >= 4 is 34.5 Å². The van der Waals surface area contributed by atoms with Gasteiger partial charge in [0.25, 0.3) is 0 Å². The molecule has 1 aliphatic heterocycles. The van der Waals surface area contributed by atoms with E-state index in [-0.39, 0.29) is 23.9 Å². The predicted molar refractivity (Wildman–Crippen MR) is 113 cm³/mol. The van der Waals surface area contributed by atoms with Gasteiger partial charge in [0.2, 0.25) is 5.91 Å². The lowest BCUT2D eigenvalue weighted by molar-refractivity contribution is -0.122. The number of nitrogens with one attached hydrogen (secondary N) is 4. The highest BCUT2D eigenvalue weighted by Gasteiger charge is 2.23. The summed E-state index contributed by atoms with van der Waals surface area (Å²) in [6.45, 7) is 3.11. The van der Waals surface area contributed by atoms with Crippen molar-refractivity contribution in [3.63, 3.8) is 0 Å². The molecule has 3 amide bonds. The van der Waals surface area contributed by atoms with E-state index in [9.17, 15) is 9.59 Å². The van der Waals surface area contributed by atoms with Crippen molar-refractivity contribution in [2.75, 3.05) is 23.8 Å². The minimum absolute atomic E-state index is 0.0665. The van der Waals surface area contributed by atoms with Gasteiger partial charge in [-0.05, 0) is 25.3 Å². The standard InChI is InChI=1S/C21H24N6O3/c1-13(14-5-3-2-4-6-14)23-21(29)24-18-11-17-16(12-22-18)19(27-26-17)25-20(28)15-7-9-30-10-8-15/h2-6,11-13,15H,7-10H2,1H3,(H2,22,23,24,29)(H2,25,26,27,28)/t13-/m1/s1. The minimum atomic E-state index is -0.356. The van der Waals surface area contributed by atoms with Crippen molar-refractivity contribution in [3.8, 4) is 0 Å². The number of anilines is 2. The Kier molecular flexibility index (Phi) is 5.89. The number of hydrogen-bond acceptors (Lipinski definition) is 5. The number of rotatable bonds is 5. The molecule has 0 spiro atoms. The van der Waals surface area contributed by atoms with Crippen LogP contribution in [0.2, 0.25) is 0 Å². The molecule has 0 unspecified atom stereocenters. The molecular weight excluding hydrogens is 384 g/mol. The third-order valence-corrected chi connectivity index (χ3v) is 5.17. The van der Waals surface area contributed by atoms with Crippen LogP contribution in [0.15, 0.2) is 42.6 Å². The molecule has 9 nitrogen and oxygen atoms in total. The number of fused-ring (bicyclic) bond motifs is 1. The zero-order valence-electron chi connectivity index (χ0n) is 16.6. The highest BCUT2D eigenvalue weighted by atomic mass is 16.5. The summed E-state index contributed by atoms with van der Waals surface area (Å²) in [5.41, 5.74) is 1.67. The molecule has 4 rings (SSSR count). The van der Waals surface area contributed by atoms with Gasteiger partial charge in [-0.2, -0.15) is 5.10 Å². The van der Waals surface area contributed by atoms with Gasteiger partial charge in [-0.15, -0.1) is 0 Å². The Bertz CT molecular complexity index is 1030. The summed E-state index contributed by atoms with van der Waals surface area (Å²) in [6.07, 6.45) is 2.99.